The molecule has 3 nitrogen and oxygen atoms in total. The molecule has 0 aromatic heterocycles. The SMILES string of the molecule is CCc1ccc(OC)c(C2(C(C)N)COC2)c1. The lowest BCUT2D eigenvalue weighted by molar-refractivity contribution is -0.0710. The van der Waals surface area contributed by atoms with Gasteiger partial charge in [-0.2, -0.15) is 0 Å². The van der Waals surface area contributed by atoms with Crippen molar-refractivity contribution in [3.05, 3.63) is 29.3 Å². The van der Waals surface area contributed by atoms with E-state index >= 15 is 0 Å². The topological polar surface area (TPSA) is 44.5 Å². The predicted octanol–water partition coefficient (Wildman–Crippen LogP) is 1.87. The Kier molecular flexibility index (Phi) is 3.40. The quantitative estimate of drug-likeness (QED) is 0.866. The van der Waals surface area contributed by atoms with Crippen LogP contribution in [0.2, 0.25) is 0 Å². The Balaban J connectivity index is 2.47. The molecule has 1 saturated heterocycles. The molecule has 0 saturated carbocycles. The lowest BCUT2D eigenvalue weighted by atomic mass is 9.72. The molecule has 1 fully saturated rings. The first-order valence-corrected chi connectivity index (χ1v) is 6.14. The van der Waals surface area contributed by atoms with E-state index in [1.54, 1.807) is 7.11 Å². The second kappa shape index (κ2) is 4.67. The summed E-state index contributed by atoms with van der Waals surface area (Å²) < 4.78 is 10.9. The number of methoxy groups -OCH3 is 1. The molecule has 1 aliphatic rings. The lowest BCUT2D eigenvalue weighted by Crippen LogP contribution is -2.57. The number of rotatable bonds is 4. The van der Waals surface area contributed by atoms with E-state index in [0.29, 0.717) is 13.2 Å². The van der Waals surface area contributed by atoms with Gasteiger partial charge in [-0.05, 0) is 25.0 Å². The van der Waals surface area contributed by atoms with Crippen molar-refractivity contribution < 1.29 is 9.47 Å². The summed E-state index contributed by atoms with van der Waals surface area (Å²) in [6.07, 6.45) is 1.02. The third-order valence-electron chi connectivity index (χ3n) is 3.80. The molecule has 94 valence electrons. The molecule has 1 aromatic carbocycles. The van der Waals surface area contributed by atoms with Gasteiger partial charge < -0.3 is 15.2 Å². The maximum absolute atomic E-state index is 6.14. The number of nitrogens with two attached hydrogens (primary N) is 1. The van der Waals surface area contributed by atoms with Gasteiger partial charge in [0, 0.05) is 11.6 Å². The second-order valence-electron chi connectivity index (χ2n) is 4.83. The van der Waals surface area contributed by atoms with Gasteiger partial charge in [0.05, 0.1) is 25.7 Å². The smallest absolute Gasteiger partial charge is 0.122 e. The minimum Gasteiger partial charge on any atom is -0.496 e. The highest BCUT2D eigenvalue weighted by Gasteiger charge is 2.45. The Labute approximate surface area is 103 Å². The van der Waals surface area contributed by atoms with Gasteiger partial charge in [-0.1, -0.05) is 19.1 Å². The molecule has 1 aromatic rings. The molecular formula is C14H21NO2. The molecule has 0 amide bonds. The van der Waals surface area contributed by atoms with Crippen LogP contribution in [0.4, 0.5) is 0 Å². The normalized spacial score (nSPS) is 19.5. The highest BCUT2D eigenvalue weighted by Crippen LogP contribution is 2.40. The molecule has 1 unspecified atom stereocenters. The van der Waals surface area contributed by atoms with Crippen molar-refractivity contribution >= 4 is 0 Å². The van der Waals surface area contributed by atoms with Crippen LogP contribution in [0.15, 0.2) is 18.2 Å². The minimum atomic E-state index is -0.0729. The highest BCUT2D eigenvalue weighted by atomic mass is 16.5. The first-order chi connectivity index (χ1) is 8.14. The maximum atomic E-state index is 6.14. The van der Waals surface area contributed by atoms with Gasteiger partial charge in [-0.3, -0.25) is 0 Å². The Hall–Kier alpha value is -1.06. The number of hydrogen-bond donors (Lipinski definition) is 1. The van der Waals surface area contributed by atoms with Crippen molar-refractivity contribution in [2.24, 2.45) is 5.73 Å². The van der Waals surface area contributed by atoms with Gasteiger partial charge >= 0.3 is 0 Å². The number of ether oxygens (including phenoxy) is 2. The Morgan fingerprint density at radius 3 is 2.59 bits per heavy atom. The molecule has 0 bridgehead atoms. The van der Waals surface area contributed by atoms with E-state index < -0.39 is 0 Å². The van der Waals surface area contributed by atoms with Crippen molar-refractivity contribution in [2.75, 3.05) is 20.3 Å². The Morgan fingerprint density at radius 1 is 1.47 bits per heavy atom. The van der Waals surface area contributed by atoms with Gasteiger partial charge in [0.2, 0.25) is 0 Å². The van der Waals surface area contributed by atoms with E-state index in [4.69, 9.17) is 15.2 Å². The summed E-state index contributed by atoms with van der Waals surface area (Å²) in [4.78, 5) is 0. The molecule has 0 spiro atoms. The fourth-order valence-corrected chi connectivity index (χ4v) is 2.35. The Bertz CT molecular complexity index is 397. The number of benzene rings is 1. The van der Waals surface area contributed by atoms with Gasteiger partial charge in [0.25, 0.3) is 0 Å². The summed E-state index contributed by atoms with van der Waals surface area (Å²) in [6.45, 7) is 5.57. The molecule has 3 heteroatoms. The third-order valence-corrected chi connectivity index (χ3v) is 3.80. The Morgan fingerprint density at radius 2 is 2.18 bits per heavy atom. The van der Waals surface area contributed by atoms with Gasteiger partial charge in [-0.15, -0.1) is 0 Å². The summed E-state index contributed by atoms with van der Waals surface area (Å²) in [6, 6.07) is 6.43. The van der Waals surface area contributed by atoms with Crippen molar-refractivity contribution in [2.45, 2.75) is 31.7 Å². The largest absolute Gasteiger partial charge is 0.496 e. The van der Waals surface area contributed by atoms with Crippen LogP contribution in [0.3, 0.4) is 0 Å². The van der Waals surface area contributed by atoms with Crippen LogP contribution in [-0.4, -0.2) is 26.4 Å². The van der Waals surface area contributed by atoms with E-state index in [9.17, 15) is 0 Å². The van der Waals surface area contributed by atoms with Crippen molar-refractivity contribution in [3.8, 4) is 5.75 Å². The lowest BCUT2D eigenvalue weighted by Gasteiger charge is -2.45. The van der Waals surface area contributed by atoms with Crippen LogP contribution in [0, 0.1) is 0 Å². The molecule has 0 aliphatic carbocycles. The zero-order chi connectivity index (χ0) is 12.5. The molecule has 1 atom stereocenters. The number of aryl methyl sites for hydroxylation is 1. The standard InChI is InChI=1S/C14H21NO2/c1-4-11-5-6-13(16-3)12(7-11)14(10(2)15)8-17-9-14/h5-7,10H,4,8-9,15H2,1-3H3. The monoisotopic (exact) mass is 235 g/mol. The maximum Gasteiger partial charge on any atom is 0.122 e. The average Bonchev–Trinajstić information content (AvgIpc) is 2.27. The first kappa shape index (κ1) is 12.4. The van der Waals surface area contributed by atoms with Crippen molar-refractivity contribution in [3.63, 3.8) is 0 Å². The zero-order valence-electron chi connectivity index (χ0n) is 10.8. The summed E-state index contributed by atoms with van der Waals surface area (Å²) in [5.41, 5.74) is 8.58. The van der Waals surface area contributed by atoms with E-state index in [1.165, 1.54) is 11.1 Å². The molecule has 17 heavy (non-hydrogen) atoms. The second-order valence-corrected chi connectivity index (χ2v) is 4.83. The van der Waals surface area contributed by atoms with Crippen LogP contribution in [-0.2, 0) is 16.6 Å². The van der Waals surface area contributed by atoms with E-state index in [-0.39, 0.29) is 11.5 Å². The van der Waals surface area contributed by atoms with E-state index in [2.05, 4.69) is 19.1 Å². The predicted molar refractivity (Wildman–Crippen MR) is 68.5 cm³/mol. The molecule has 2 rings (SSSR count). The van der Waals surface area contributed by atoms with Crippen LogP contribution in [0.25, 0.3) is 0 Å². The van der Waals surface area contributed by atoms with Crippen molar-refractivity contribution in [1.29, 1.82) is 0 Å². The van der Waals surface area contributed by atoms with Crippen LogP contribution >= 0.6 is 0 Å². The summed E-state index contributed by atoms with van der Waals surface area (Å²) in [7, 11) is 1.71. The van der Waals surface area contributed by atoms with Crippen LogP contribution in [0.1, 0.15) is 25.0 Å². The number of hydrogen-bond acceptors (Lipinski definition) is 3. The van der Waals surface area contributed by atoms with Crippen LogP contribution < -0.4 is 10.5 Å². The fourth-order valence-electron chi connectivity index (χ4n) is 2.35. The van der Waals surface area contributed by atoms with Crippen molar-refractivity contribution in [1.82, 2.24) is 0 Å². The van der Waals surface area contributed by atoms with Gasteiger partial charge in [0.15, 0.2) is 0 Å². The molecule has 0 radical (unpaired) electrons. The highest BCUT2D eigenvalue weighted by molar-refractivity contribution is 5.45. The molecule has 1 heterocycles. The molecule has 1 aliphatic heterocycles. The molecular weight excluding hydrogens is 214 g/mol. The summed E-state index contributed by atoms with van der Waals surface area (Å²) >= 11 is 0. The van der Waals surface area contributed by atoms with Crippen LogP contribution in [0.5, 0.6) is 5.75 Å². The van der Waals surface area contributed by atoms with Gasteiger partial charge in [-0.25, -0.2) is 0 Å². The average molecular weight is 235 g/mol. The fraction of sp³-hybridized carbons (Fsp3) is 0.571. The minimum absolute atomic E-state index is 0.0669. The molecule has 2 N–H and O–H groups in total. The van der Waals surface area contributed by atoms with Gasteiger partial charge in [0.1, 0.15) is 5.75 Å². The first-order valence-electron chi connectivity index (χ1n) is 6.14. The summed E-state index contributed by atoms with van der Waals surface area (Å²) in [5.74, 6) is 0.919. The third kappa shape index (κ3) is 1.94. The zero-order valence-corrected chi connectivity index (χ0v) is 10.8. The summed E-state index contributed by atoms with van der Waals surface area (Å²) in [5, 5.41) is 0. The van der Waals surface area contributed by atoms with E-state index in [0.717, 1.165) is 12.2 Å². The van der Waals surface area contributed by atoms with E-state index in [1.807, 2.05) is 13.0 Å².